The molecule has 3 aromatic rings. The SMILES string of the molecule is CCCC#Cc1cc(Cc2c(C3CCC3)ccc(-c3cnc(N)cn3)c2F)ccn1. The quantitative estimate of drug-likeness (QED) is 0.593. The van der Waals surface area contributed by atoms with Crippen LogP contribution in [-0.2, 0) is 6.42 Å². The zero-order chi connectivity index (χ0) is 20.9. The van der Waals surface area contributed by atoms with Gasteiger partial charge in [-0.2, -0.15) is 0 Å². The number of benzene rings is 1. The minimum atomic E-state index is -0.228. The summed E-state index contributed by atoms with van der Waals surface area (Å²) in [4.78, 5) is 12.7. The molecular formula is C25H25FN4. The zero-order valence-electron chi connectivity index (χ0n) is 17.2. The van der Waals surface area contributed by atoms with Crippen molar-refractivity contribution in [1.82, 2.24) is 15.0 Å². The van der Waals surface area contributed by atoms with Crippen LogP contribution in [-0.4, -0.2) is 15.0 Å². The number of nitrogens with zero attached hydrogens (tertiary/aromatic N) is 3. The van der Waals surface area contributed by atoms with Gasteiger partial charge in [0.1, 0.15) is 17.3 Å². The Labute approximate surface area is 176 Å². The molecule has 1 aromatic carbocycles. The number of anilines is 1. The van der Waals surface area contributed by atoms with Crippen molar-refractivity contribution in [2.45, 2.75) is 51.4 Å². The molecule has 0 amide bonds. The van der Waals surface area contributed by atoms with Crippen molar-refractivity contribution in [3.05, 3.63) is 71.1 Å². The van der Waals surface area contributed by atoms with Crippen molar-refractivity contribution in [2.75, 3.05) is 5.73 Å². The van der Waals surface area contributed by atoms with Gasteiger partial charge in [-0.05, 0) is 66.0 Å². The van der Waals surface area contributed by atoms with E-state index >= 15 is 4.39 Å². The van der Waals surface area contributed by atoms with E-state index in [9.17, 15) is 0 Å². The average Bonchev–Trinajstić information content (AvgIpc) is 2.71. The van der Waals surface area contributed by atoms with Crippen LogP contribution in [0.2, 0.25) is 0 Å². The van der Waals surface area contributed by atoms with Gasteiger partial charge in [-0.3, -0.25) is 4.98 Å². The lowest BCUT2D eigenvalue weighted by Crippen LogP contribution is -2.13. The first-order valence-corrected chi connectivity index (χ1v) is 10.5. The predicted molar refractivity (Wildman–Crippen MR) is 117 cm³/mol. The van der Waals surface area contributed by atoms with Gasteiger partial charge in [-0.25, -0.2) is 14.4 Å². The number of rotatable bonds is 5. The average molecular weight is 401 g/mol. The van der Waals surface area contributed by atoms with E-state index in [0.717, 1.165) is 48.1 Å². The Hall–Kier alpha value is -3.26. The normalized spacial score (nSPS) is 13.4. The highest BCUT2D eigenvalue weighted by molar-refractivity contribution is 5.63. The molecule has 1 saturated carbocycles. The van der Waals surface area contributed by atoms with Crippen LogP contribution < -0.4 is 5.73 Å². The fraction of sp³-hybridized carbons (Fsp3) is 0.320. The molecule has 0 bridgehead atoms. The Morgan fingerprint density at radius 1 is 1.13 bits per heavy atom. The van der Waals surface area contributed by atoms with E-state index in [4.69, 9.17) is 5.73 Å². The van der Waals surface area contributed by atoms with Gasteiger partial charge in [0.2, 0.25) is 0 Å². The number of nitrogens with two attached hydrogens (primary N) is 1. The van der Waals surface area contributed by atoms with Gasteiger partial charge >= 0.3 is 0 Å². The van der Waals surface area contributed by atoms with Gasteiger partial charge in [-0.15, -0.1) is 0 Å². The second kappa shape index (κ2) is 9.04. The monoisotopic (exact) mass is 400 g/mol. The highest BCUT2D eigenvalue weighted by Crippen LogP contribution is 2.41. The van der Waals surface area contributed by atoms with Crippen molar-refractivity contribution in [2.24, 2.45) is 0 Å². The summed E-state index contributed by atoms with van der Waals surface area (Å²) in [6, 6.07) is 7.77. The van der Waals surface area contributed by atoms with Gasteiger partial charge in [0.05, 0.1) is 18.1 Å². The topological polar surface area (TPSA) is 64.7 Å². The molecule has 5 heteroatoms. The third-order valence-electron chi connectivity index (χ3n) is 5.57. The summed E-state index contributed by atoms with van der Waals surface area (Å²) < 4.78 is 15.7. The molecule has 1 fully saturated rings. The summed E-state index contributed by atoms with van der Waals surface area (Å²) in [7, 11) is 0. The number of unbranched alkanes of at least 4 members (excludes halogenated alkanes) is 1. The minimum absolute atomic E-state index is 0.228. The molecule has 0 unspecified atom stereocenters. The Morgan fingerprint density at radius 3 is 2.70 bits per heavy atom. The fourth-order valence-electron chi connectivity index (χ4n) is 3.73. The maximum absolute atomic E-state index is 15.7. The van der Waals surface area contributed by atoms with Crippen molar-refractivity contribution in [1.29, 1.82) is 0 Å². The Kier molecular flexibility index (Phi) is 6.04. The van der Waals surface area contributed by atoms with Crippen LogP contribution in [0.3, 0.4) is 0 Å². The van der Waals surface area contributed by atoms with Crippen LogP contribution in [0.15, 0.2) is 42.9 Å². The van der Waals surface area contributed by atoms with E-state index < -0.39 is 0 Å². The van der Waals surface area contributed by atoms with Gasteiger partial charge in [0, 0.05) is 24.6 Å². The smallest absolute Gasteiger partial charge is 0.141 e. The molecule has 0 radical (unpaired) electrons. The highest BCUT2D eigenvalue weighted by Gasteiger charge is 2.25. The number of pyridine rings is 1. The van der Waals surface area contributed by atoms with Crippen LogP contribution in [0.1, 0.15) is 67.3 Å². The summed E-state index contributed by atoms with van der Waals surface area (Å²) >= 11 is 0. The van der Waals surface area contributed by atoms with Gasteiger partial charge < -0.3 is 5.73 Å². The van der Waals surface area contributed by atoms with Gasteiger partial charge in [-0.1, -0.05) is 25.3 Å². The second-order valence-electron chi connectivity index (χ2n) is 7.73. The van der Waals surface area contributed by atoms with Crippen LogP contribution in [0.4, 0.5) is 10.2 Å². The van der Waals surface area contributed by atoms with Crippen molar-refractivity contribution in [3.63, 3.8) is 0 Å². The molecule has 1 aliphatic rings. The zero-order valence-corrected chi connectivity index (χ0v) is 17.2. The highest BCUT2D eigenvalue weighted by atomic mass is 19.1. The second-order valence-corrected chi connectivity index (χ2v) is 7.73. The lowest BCUT2D eigenvalue weighted by Gasteiger charge is -2.29. The van der Waals surface area contributed by atoms with E-state index in [2.05, 4.69) is 39.8 Å². The predicted octanol–water partition coefficient (Wildman–Crippen LogP) is 5.27. The number of aromatic nitrogens is 3. The van der Waals surface area contributed by atoms with Crippen LogP contribution in [0.25, 0.3) is 11.3 Å². The first-order valence-electron chi connectivity index (χ1n) is 10.5. The maximum atomic E-state index is 15.7. The number of hydrogen-bond acceptors (Lipinski definition) is 4. The van der Waals surface area contributed by atoms with E-state index in [-0.39, 0.29) is 5.82 Å². The molecule has 152 valence electrons. The number of hydrogen-bond donors (Lipinski definition) is 1. The van der Waals surface area contributed by atoms with Crippen LogP contribution in [0.5, 0.6) is 0 Å². The molecule has 2 N–H and O–H groups in total. The Bertz CT molecular complexity index is 1090. The fourth-order valence-corrected chi connectivity index (χ4v) is 3.73. The lowest BCUT2D eigenvalue weighted by molar-refractivity contribution is 0.415. The molecule has 4 rings (SSSR count). The number of nitrogen functional groups attached to an aromatic ring is 1. The molecule has 4 nitrogen and oxygen atoms in total. The summed E-state index contributed by atoms with van der Waals surface area (Å²) in [5.74, 6) is 6.74. The largest absolute Gasteiger partial charge is 0.382 e. The number of halogens is 1. The third kappa shape index (κ3) is 4.33. The first-order chi connectivity index (χ1) is 14.7. The standard InChI is InChI=1S/C25H25FN4/c1-2-3-4-8-19-13-17(11-12-28-19)14-22-20(18-6-5-7-18)9-10-21(25(22)26)23-15-30-24(27)16-29-23/h9-13,15-16,18H,2-3,5-7,14H2,1H3,(H2,27,30). The molecule has 0 saturated heterocycles. The Morgan fingerprint density at radius 2 is 2.00 bits per heavy atom. The van der Waals surface area contributed by atoms with Gasteiger partial charge in [0.25, 0.3) is 0 Å². The van der Waals surface area contributed by atoms with E-state index in [1.54, 1.807) is 6.20 Å². The van der Waals surface area contributed by atoms with E-state index in [0.29, 0.717) is 29.4 Å². The minimum Gasteiger partial charge on any atom is -0.382 e. The maximum Gasteiger partial charge on any atom is 0.141 e. The Balaban J connectivity index is 1.72. The lowest BCUT2D eigenvalue weighted by atomic mass is 9.76. The summed E-state index contributed by atoms with van der Waals surface area (Å²) in [5, 5.41) is 0. The molecule has 30 heavy (non-hydrogen) atoms. The third-order valence-corrected chi connectivity index (χ3v) is 5.57. The molecule has 1 aliphatic carbocycles. The molecule has 2 aromatic heterocycles. The van der Waals surface area contributed by atoms with Crippen LogP contribution in [0, 0.1) is 17.7 Å². The van der Waals surface area contributed by atoms with E-state index in [1.807, 2.05) is 18.2 Å². The summed E-state index contributed by atoms with van der Waals surface area (Å²) in [6.45, 7) is 2.10. The summed E-state index contributed by atoms with van der Waals surface area (Å²) in [6.07, 6.45) is 10.5. The van der Waals surface area contributed by atoms with Crippen molar-refractivity contribution < 1.29 is 4.39 Å². The van der Waals surface area contributed by atoms with Crippen molar-refractivity contribution in [3.8, 4) is 23.1 Å². The molecule has 2 heterocycles. The first kappa shape index (κ1) is 20.0. The molecule has 0 atom stereocenters. The molecule has 0 spiro atoms. The van der Waals surface area contributed by atoms with Crippen molar-refractivity contribution >= 4 is 5.82 Å². The molecule has 0 aliphatic heterocycles. The van der Waals surface area contributed by atoms with Gasteiger partial charge in [0.15, 0.2) is 0 Å². The van der Waals surface area contributed by atoms with Crippen LogP contribution >= 0.6 is 0 Å². The molecular weight excluding hydrogens is 375 g/mol. The van der Waals surface area contributed by atoms with E-state index in [1.165, 1.54) is 18.8 Å². The summed E-state index contributed by atoms with van der Waals surface area (Å²) in [5.41, 5.74) is 10.1.